The van der Waals surface area contributed by atoms with E-state index in [9.17, 15) is 29.4 Å². The van der Waals surface area contributed by atoms with Crippen LogP contribution in [0.2, 0.25) is 0 Å². The highest BCUT2D eigenvalue weighted by Gasteiger charge is 2.60. The number of nitrogens with zero attached hydrogens (tertiary/aromatic N) is 4. The van der Waals surface area contributed by atoms with Crippen molar-refractivity contribution in [1.82, 2.24) is 19.5 Å². The third kappa shape index (κ3) is 8.17. The molecule has 3 heterocycles. The zero-order valence-corrected chi connectivity index (χ0v) is 28.0. The monoisotopic (exact) mass is 722 g/mol. The molecule has 4 N–H and O–H groups in total. The summed E-state index contributed by atoms with van der Waals surface area (Å²) in [4.78, 5) is 41.6. The Kier molecular flexibility index (Phi) is 11.3. The van der Waals surface area contributed by atoms with Crippen molar-refractivity contribution in [2.45, 2.75) is 63.6 Å². The summed E-state index contributed by atoms with van der Waals surface area (Å²) < 4.78 is 66.5. The normalized spacial score (nSPS) is 22.1. The molecule has 270 valence electrons. The average Bonchev–Trinajstić information content (AvgIpc) is 3.31. The number of hydrogen-bond donors (Lipinski definition) is 3. The molecule has 16 nitrogen and oxygen atoms in total. The van der Waals surface area contributed by atoms with Gasteiger partial charge in [0.2, 0.25) is 12.0 Å². The topological polar surface area (TPSA) is 211 Å². The first-order chi connectivity index (χ1) is 23.7. The second-order valence-electron chi connectivity index (χ2n) is 11.7. The number of aliphatic hydroxyl groups excluding tert-OH is 1. The van der Waals surface area contributed by atoms with E-state index >= 15 is 8.78 Å². The Hall–Kier alpha value is -4.32. The van der Waals surface area contributed by atoms with Crippen molar-refractivity contribution in [2.24, 2.45) is 0 Å². The lowest BCUT2D eigenvalue weighted by molar-refractivity contribution is -0.385. The molecular formula is C31H37F2N6O10P. The molecule has 0 radical (unpaired) electrons. The molecule has 2 aliphatic rings. The highest BCUT2D eigenvalue weighted by molar-refractivity contribution is 7.51. The Bertz CT molecular complexity index is 1820. The van der Waals surface area contributed by atoms with Crippen LogP contribution in [-0.2, 0) is 18.3 Å². The number of nitrogen functional groups attached to an aromatic ring is 1. The number of nitrogens with one attached hydrogen (secondary N) is 1. The van der Waals surface area contributed by atoms with Crippen LogP contribution in [0.3, 0.4) is 0 Å². The number of piperidine rings is 1. The van der Waals surface area contributed by atoms with Crippen LogP contribution in [0.5, 0.6) is 11.5 Å². The number of nitro benzene ring substituents is 1. The minimum absolute atomic E-state index is 0.0461. The summed E-state index contributed by atoms with van der Waals surface area (Å²) in [6, 6.07) is 11.2. The summed E-state index contributed by atoms with van der Waals surface area (Å²) >= 11 is 0. The molecule has 2 saturated heterocycles. The molecule has 3 aromatic rings. The number of carbonyl (C=O) groups excluding carboxylic acids is 1. The second kappa shape index (κ2) is 15.3. The van der Waals surface area contributed by atoms with E-state index in [4.69, 9.17) is 24.3 Å². The third-order valence-electron chi connectivity index (χ3n) is 8.14. The summed E-state index contributed by atoms with van der Waals surface area (Å²) in [5, 5.41) is 24.8. The molecule has 1 amide bonds. The average molecular weight is 723 g/mol. The van der Waals surface area contributed by atoms with Crippen molar-refractivity contribution in [3.05, 3.63) is 86.5 Å². The van der Waals surface area contributed by atoms with E-state index in [1.165, 1.54) is 31.2 Å². The van der Waals surface area contributed by atoms with Crippen LogP contribution >= 0.6 is 7.75 Å². The number of aromatic nitrogens is 2. The van der Waals surface area contributed by atoms with Gasteiger partial charge in [-0.3, -0.25) is 28.5 Å². The minimum Gasteiger partial charge on any atom is -0.450 e. The fraction of sp³-hybridized carbons (Fsp3) is 0.452. The smallest absolute Gasteiger partial charge is 0.406 e. The summed E-state index contributed by atoms with van der Waals surface area (Å²) in [5.41, 5.74) is 4.54. The maximum absolute atomic E-state index is 15.0. The first-order valence-electron chi connectivity index (χ1n) is 15.8. The SMILES string of the molecule is CCNP(=O)(OCC1OC(n2ccc(N)nc2=O)C(F)(F)C1O)OC(C)c1ccc([N+](=O)[O-])c(Oc2cccc(C(=O)N3CCCCC3)c2)c1. The molecule has 0 bridgehead atoms. The fourth-order valence-electron chi connectivity index (χ4n) is 5.57. The van der Waals surface area contributed by atoms with Crippen molar-refractivity contribution < 1.29 is 46.7 Å². The van der Waals surface area contributed by atoms with Gasteiger partial charge >= 0.3 is 25.0 Å². The molecule has 0 aliphatic carbocycles. The van der Waals surface area contributed by atoms with Gasteiger partial charge in [0.15, 0.2) is 6.10 Å². The van der Waals surface area contributed by atoms with E-state index in [1.807, 2.05) is 0 Å². The molecule has 5 unspecified atom stereocenters. The van der Waals surface area contributed by atoms with E-state index in [2.05, 4.69) is 10.1 Å². The third-order valence-corrected chi connectivity index (χ3v) is 9.93. The molecule has 5 rings (SSSR count). The predicted molar refractivity (Wildman–Crippen MR) is 174 cm³/mol. The highest BCUT2D eigenvalue weighted by Crippen LogP contribution is 2.50. The van der Waals surface area contributed by atoms with Crippen LogP contribution in [0.15, 0.2) is 59.5 Å². The highest BCUT2D eigenvalue weighted by atomic mass is 31.2. The zero-order chi connectivity index (χ0) is 36.2. The number of carbonyl (C=O) groups is 1. The number of rotatable bonds is 13. The molecule has 50 heavy (non-hydrogen) atoms. The molecule has 0 saturated carbocycles. The maximum atomic E-state index is 15.0. The van der Waals surface area contributed by atoms with Crippen LogP contribution < -0.4 is 21.2 Å². The summed E-state index contributed by atoms with van der Waals surface area (Å²) in [6.45, 7) is 3.53. The Morgan fingerprint density at radius 3 is 2.66 bits per heavy atom. The van der Waals surface area contributed by atoms with Crippen molar-refractivity contribution in [1.29, 1.82) is 0 Å². The molecule has 0 spiro atoms. The summed E-state index contributed by atoms with van der Waals surface area (Å²) in [7, 11) is -4.31. The predicted octanol–water partition coefficient (Wildman–Crippen LogP) is 4.56. The Morgan fingerprint density at radius 2 is 1.98 bits per heavy atom. The zero-order valence-electron chi connectivity index (χ0n) is 27.1. The van der Waals surface area contributed by atoms with Gasteiger partial charge in [0.25, 0.3) is 5.91 Å². The van der Waals surface area contributed by atoms with Crippen molar-refractivity contribution >= 4 is 25.2 Å². The van der Waals surface area contributed by atoms with Crippen molar-refractivity contribution in [3.8, 4) is 11.5 Å². The standard InChI is InChI=1S/C31H37F2N6O10P/c1-3-35-50(45,46-18-25-27(40)31(32,33)29(48-25)38-15-12-26(34)36-30(38)42)49-19(2)20-10-11-23(39(43)44)24(17-20)47-22-9-7-8-21(16-22)28(41)37-13-5-4-6-14-37/h7-12,15-17,19,25,27,29,40H,3-6,13-14,18H2,1-2H3,(H,35,45)(H2,34,36,42). The Labute approximate surface area is 284 Å². The Balaban J connectivity index is 1.31. The largest absolute Gasteiger partial charge is 0.450 e. The quantitative estimate of drug-likeness (QED) is 0.126. The van der Waals surface area contributed by atoms with Crippen LogP contribution in [0.25, 0.3) is 0 Å². The number of alkyl halides is 2. The van der Waals surface area contributed by atoms with Gasteiger partial charge in [0.1, 0.15) is 17.7 Å². The number of likely N-dealkylation sites (tertiary alicyclic amines) is 1. The lowest BCUT2D eigenvalue weighted by atomic mass is 10.1. The number of halogens is 2. The van der Waals surface area contributed by atoms with Crippen LogP contribution in [0.1, 0.15) is 61.4 Å². The summed E-state index contributed by atoms with van der Waals surface area (Å²) in [6.07, 6.45) is -3.73. The lowest BCUT2D eigenvalue weighted by Crippen LogP contribution is -2.42. The van der Waals surface area contributed by atoms with Gasteiger partial charge in [-0.25, -0.2) is 14.4 Å². The molecule has 2 fully saturated rings. The van der Waals surface area contributed by atoms with Gasteiger partial charge in [-0.2, -0.15) is 13.8 Å². The van der Waals surface area contributed by atoms with E-state index in [-0.39, 0.29) is 35.3 Å². The number of aliphatic hydroxyl groups is 1. The number of nitrogens with two attached hydrogens (primary N) is 1. The van der Waals surface area contributed by atoms with E-state index in [1.54, 1.807) is 30.0 Å². The second-order valence-corrected chi connectivity index (χ2v) is 13.5. The van der Waals surface area contributed by atoms with Gasteiger partial charge < -0.3 is 25.2 Å². The maximum Gasteiger partial charge on any atom is 0.406 e. The van der Waals surface area contributed by atoms with Gasteiger partial charge in [-0.1, -0.05) is 13.0 Å². The van der Waals surface area contributed by atoms with E-state index in [0.29, 0.717) is 23.2 Å². The summed E-state index contributed by atoms with van der Waals surface area (Å²) in [5.74, 6) is -4.36. The van der Waals surface area contributed by atoms with Crippen molar-refractivity contribution in [3.63, 3.8) is 0 Å². The van der Waals surface area contributed by atoms with Gasteiger partial charge in [0, 0.05) is 37.5 Å². The van der Waals surface area contributed by atoms with Crippen molar-refractivity contribution in [2.75, 3.05) is 32.0 Å². The first kappa shape index (κ1) is 36.9. The van der Waals surface area contributed by atoms with Gasteiger partial charge in [-0.15, -0.1) is 0 Å². The van der Waals surface area contributed by atoms with E-state index in [0.717, 1.165) is 31.5 Å². The molecule has 19 heteroatoms. The van der Waals surface area contributed by atoms with Gasteiger partial charge in [0.05, 0.1) is 17.6 Å². The molecule has 5 atom stereocenters. The molecule has 2 aromatic carbocycles. The molecular weight excluding hydrogens is 685 g/mol. The minimum atomic E-state index is -4.31. The number of ether oxygens (including phenoxy) is 2. The van der Waals surface area contributed by atoms with Crippen LogP contribution in [0, 0.1) is 10.1 Å². The van der Waals surface area contributed by atoms with E-state index < -0.39 is 61.1 Å². The Morgan fingerprint density at radius 1 is 1.24 bits per heavy atom. The fourth-order valence-corrected chi connectivity index (χ4v) is 7.07. The number of anilines is 1. The molecule has 2 aliphatic heterocycles. The van der Waals surface area contributed by atoms with Crippen LogP contribution in [0.4, 0.5) is 20.3 Å². The van der Waals surface area contributed by atoms with Gasteiger partial charge in [-0.05, 0) is 68.1 Å². The number of nitro groups is 1. The molecule has 1 aromatic heterocycles. The number of hydrogen-bond acceptors (Lipinski definition) is 12. The lowest BCUT2D eigenvalue weighted by Gasteiger charge is -2.26. The number of amides is 1. The number of benzene rings is 2. The first-order valence-corrected chi connectivity index (χ1v) is 17.4. The van der Waals surface area contributed by atoms with Crippen LogP contribution in [-0.4, -0.2) is 74.8 Å².